The van der Waals surface area contributed by atoms with Gasteiger partial charge in [-0.2, -0.15) is 13.2 Å². The molecule has 1 aliphatic carbocycles. The van der Waals surface area contributed by atoms with Crippen LogP contribution in [-0.4, -0.2) is 40.5 Å². The third kappa shape index (κ3) is 5.64. The lowest BCUT2D eigenvalue weighted by molar-refractivity contribution is -0.137. The smallest absolute Gasteiger partial charge is 0.416 e. The summed E-state index contributed by atoms with van der Waals surface area (Å²) in [5.74, 6) is 2.26. The first-order valence-corrected chi connectivity index (χ1v) is 18.9. The molecule has 5 nitrogen and oxygen atoms in total. The fourth-order valence-corrected chi connectivity index (χ4v) is 8.86. The molecule has 0 N–H and O–H groups in total. The Kier molecular flexibility index (Phi) is 8.47. The van der Waals surface area contributed by atoms with Gasteiger partial charge in [-0.05, 0) is 94.2 Å². The monoisotopic (exact) mass is 753 g/mol. The molecule has 6 aromatic carbocycles. The van der Waals surface area contributed by atoms with Gasteiger partial charge in [-0.15, -0.1) is 0 Å². The van der Waals surface area contributed by atoms with Gasteiger partial charge >= 0.3 is 6.18 Å². The molecule has 9 rings (SSSR count). The van der Waals surface area contributed by atoms with Gasteiger partial charge in [0.2, 0.25) is 0 Å². The predicted molar refractivity (Wildman–Crippen MR) is 216 cm³/mol. The fourth-order valence-electron chi connectivity index (χ4n) is 8.86. The Morgan fingerprint density at radius 3 is 2.04 bits per heavy atom. The van der Waals surface area contributed by atoms with Crippen LogP contribution >= 0.6 is 0 Å². The van der Waals surface area contributed by atoms with Crippen LogP contribution in [0.1, 0.15) is 52.8 Å². The number of hydrogen-bond donors (Lipinski definition) is 0. The predicted octanol–water partition coefficient (Wildman–Crippen LogP) is 11.3. The van der Waals surface area contributed by atoms with Crippen LogP contribution in [0.3, 0.4) is 0 Å². The van der Waals surface area contributed by atoms with Crippen molar-refractivity contribution in [2.75, 3.05) is 45.4 Å². The number of fused-ring (bicyclic) bond motifs is 8. The molecule has 6 aromatic rings. The molecule has 3 aliphatic rings. The highest BCUT2D eigenvalue weighted by Crippen LogP contribution is 2.59. The van der Waals surface area contributed by atoms with E-state index in [0.29, 0.717) is 13.2 Å². The summed E-state index contributed by atoms with van der Waals surface area (Å²) in [5.41, 5.74) is 8.98. The molecule has 8 heteroatoms. The van der Waals surface area contributed by atoms with Crippen molar-refractivity contribution in [2.45, 2.75) is 38.0 Å². The molecule has 56 heavy (non-hydrogen) atoms. The first-order chi connectivity index (χ1) is 26.9. The zero-order valence-electron chi connectivity index (χ0n) is 32.0. The molecule has 1 fully saturated rings. The fraction of sp³-hybridized carbons (Fsp3) is 0.250. The van der Waals surface area contributed by atoms with Crippen LogP contribution in [0.4, 0.5) is 18.9 Å². The average molecular weight is 754 g/mol. The van der Waals surface area contributed by atoms with Crippen molar-refractivity contribution in [1.29, 1.82) is 0 Å². The minimum Gasteiger partial charge on any atom is -0.497 e. The van der Waals surface area contributed by atoms with Crippen molar-refractivity contribution >= 4 is 22.5 Å². The summed E-state index contributed by atoms with van der Waals surface area (Å²) in [6.07, 6.45) is -0.0169. The summed E-state index contributed by atoms with van der Waals surface area (Å²) >= 11 is 0. The number of benzene rings is 6. The maximum absolute atomic E-state index is 13.5. The Morgan fingerprint density at radius 2 is 1.39 bits per heavy atom. The molecule has 1 unspecified atom stereocenters. The van der Waals surface area contributed by atoms with Crippen LogP contribution in [0.2, 0.25) is 0 Å². The Labute approximate surface area is 324 Å². The summed E-state index contributed by atoms with van der Waals surface area (Å²) in [5, 5.41) is 1.97. The number of hydrogen-bond acceptors (Lipinski definition) is 5. The lowest BCUT2D eigenvalue weighted by Crippen LogP contribution is -2.36. The molecule has 0 bridgehead atoms. The number of ether oxygens (including phenoxy) is 4. The third-order valence-electron chi connectivity index (χ3n) is 11.8. The number of nitrogens with zero attached hydrogens (tertiary/aromatic N) is 1. The highest BCUT2D eigenvalue weighted by molar-refractivity contribution is 6.10. The largest absolute Gasteiger partial charge is 0.497 e. The molecule has 0 radical (unpaired) electrons. The van der Waals surface area contributed by atoms with E-state index in [1.807, 2.05) is 18.2 Å². The molecule has 284 valence electrons. The first kappa shape index (κ1) is 35.9. The lowest BCUT2D eigenvalue weighted by atomic mass is 9.76. The van der Waals surface area contributed by atoms with Gasteiger partial charge in [-0.1, -0.05) is 86.2 Å². The van der Waals surface area contributed by atoms with E-state index in [1.165, 1.54) is 0 Å². The quantitative estimate of drug-likeness (QED) is 0.169. The lowest BCUT2D eigenvalue weighted by Gasteiger charge is -2.39. The van der Waals surface area contributed by atoms with Gasteiger partial charge in [0.25, 0.3) is 0 Å². The van der Waals surface area contributed by atoms with E-state index in [9.17, 15) is 13.2 Å². The number of halogens is 3. The highest BCUT2D eigenvalue weighted by atomic mass is 19.4. The van der Waals surface area contributed by atoms with Crippen LogP contribution in [0.25, 0.3) is 39.1 Å². The van der Waals surface area contributed by atoms with Gasteiger partial charge in [-0.3, -0.25) is 0 Å². The van der Waals surface area contributed by atoms with E-state index in [4.69, 9.17) is 18.9 Å². The maximum Gasteiger partial charge on any atom is 0.416 e. The van der Waals surface area contributed by atoms with E-state index in [1.54, 1.807) is 26.4 Å². The molecule has 2 aliphatic heterocycles. The minimum absolute atomic E-state index is 0.498. The summed E-state index contributed by atoms with van der Waals surface area (Å²) in [7, 11) is 3.37. The molecule has 0 saturated carbocycles. The first-order valence-electron chi connectivity index (χ1n) is 18.9. The van der Waals surface area contributed by atoms with Crippen molar-refractivity contribution in [3.05, 3.63) is 148 Å². The van der Waals surface area contributed by atoms with Crippen LogP contribution in [0.5, 0.6) is 17.2 Å². The topological polar surface area (TPSA) is 40.2 Å². The third-order valence-corrected chi connectivity index (χ3v) is 11.8. The van der Waals surface area contributed by atoms with Gasteiger partial charge in [0, 0.05) is 40.6 Å². The van der Waals surface area contributed by atoms with E-state index in [0.717, 1.165) is 115 Å². The van der Waals surface area contributed by atoms with E-state index in [-0.39, 0.29) is 0 Å². The molecule has 0 amide bonds. The number of anilines is 1. The van der Waals surface area contributed by atoms with E-state index < -0.39 is 22.8 Å². The SMILES string of the molecule is COc1ccc(C2(c3ccc(C)cc3)C=Cc3c4c(c5cc(N6CCOCC6)c(OC)cc5c3O2)-c2ccc(-c3ccc(C(F)(F)F)cc3)cc2C4(C)C)cc1. The van der Waals surface area contributed by atoms with Gasteiger partial charge in [0.05, 0.1) is 38.7 Å². The molecule has 1 saturated heterocycles. The Hall–Kier alpha value is -5.73. The second kappa shape index (κ2) is 13.2. The number of rotatable bonds is 6. The molecule has 2 heterocycles. The Bertz CT molecular complexity index is 2520. The van der Waals surface area contributed by atoms with Gasteiger partial charge in [0.15, 0.2) is 5.60 Å². The summed E-state index contributed by atoms with van der Waals surface area (Å²) in [6, 6.07) is 32.6. The molecule has 1 atom stereocenters. The van der Waals surface area contributed by atoms with Gasteiger partial charge in [0.1, 0.15) is 17.2 Å². The zero-order chi connectivity index (χ0) is 39.0. The van der Waals surface area contributed by atoms with Gasteiger partial charge < -0.3 is 23.8 Å². The van der Waals surface area contributed by atoms with Crippen molar-refractivity contribution < 1.29 is 32.1 Å². The normalized spacial score (nSPS) is 18.2. The minimum atomic E-state index is -4.40. The Morgan fingerprint density at radius 1 is 0.732 bits per heavy atom. The number of alkyl halides is 3. The molecule has 0 aromatic heterocycles. The van der Waals surface area contributed by atoms with Crippen LogP contribution in [-0.2, 0) is 21.9 Å². The van der Waals surface area contributed by atoms with Crippen LogP contribution in [0, 0.1) is 6.92 Å². The second-order valence-electron chi connectivity index (χ2n) is 15.4. The maximum atomic E-state index is 13.5. The van der Waals surface area contributed by atoms with Crippen molar-refractivity contribution in [2.24, 2.45) is 0 Å². The number of methoxy groups -OCH3 is 2. The molecular formula is C48H42F3NO4. The summed E-state index contributed by atoms with van der Waals surface area (Å²) < 4.78 is 65.4. The average Bonchev–Trinajstić information content (AvgIpc) is 3.46. The summed E-state index contributed by atoms with van der Waals surface area (Å²) in [6.45, 7) is 9.26. The Balaban J connectivity index is 1.30. The van der Waals surface area contributed by atoms with Crippen molar-refractivity contribution in [3.8, 4) is 39.5 Å². The van der Waals surface area contributed by atoms with Crippen LogP contribution in [0.15, 0.2) is 109 Å². The van der Waals surface area contributed by atoms with Crippen molar-refractivity contribution in [3.63, 3.8) is 0 Å². The van der Waals surface area contributed by atoms with E-state index in [2.05, 4.69) is 98.5 Å². The summed E-state index contributed by atoms with van der Waals surface area (Å²) in [4.78, 5) is 2.32. The van der Waals surface area contributed by atoms with Crippen LogP contribution < -0.4 is 19.1 Å². The number of morpholine rings is 1. The van der Waals surface area contributed by atoms with Gasteiger partial charge in [-0.25, -0.2) is 0 Å². The highest BCUT2D eigenvalue weighted by Gasteiger charge is 2.45. The van der Waals surface area contributed by atoms with E-state index >= 15 is 0 Å². The molecule has 0 spiro atoms. The van der Waals surface area contributed by atoms with Crippen molar-refractivity contribution in [1.82, 2.24) is 0 Å². The molecular weight excluding hydrogens is 712 g/mol. The second-order valence-corrected chi connectivity index (χ2v) is 15.4. The number of aryl methyl sites for hydroxylation is 1. The zero-order valence-corrected chi connectivity index (χ0v) is 32.0. The standard InChI is InChI=1S/C48H42F3NO4/c1-29-6-11-32(12-7-29)47(33-15-17-35(53-4)18-16-33)21-20-37-44-43(38-27-41(52-22-24-55-25-23-52)42(54-5)28-39(38)45(37)56-47)36-19-10-31(26-40(36)46(44,2)3)30-8-13-34(14-9-30)48(49,50)51/h6-21,26-28H,22-25H2,1-5H3.